The number of nitrogens with zero attached hydrogens (tertiary/aromatic N) is 2. The predicted molar refractivity (Wildman–Crippen MR) is 155 cm³/mol. The molecule has 1 heterocycles. The van der Waals surface area contributed by atoms with Crippen molar-refractivity contribution in [1.29, 1.82) is 0 Å². The largest absolute Gasteiger partial charge is 0.484 e. The molecule has 0 aliphatic heterocycles. The topological polar surface area (TPSA) is 189 Å². The normalized spacial score (nSPS) is 13.7. The Morgan fingerprint density at radius 3 is 2.09 bits per heavy atom. The first-order chi connectivity index (χ1) is 20.6. The molecule has 0 spiro atoms. The number of benzene rings is 2. The van der Waals surface area contributed by atoms with Crippen molar-refractivity contribution in [3.63, 3.8) is 0 Å². The molecule has 2 amide bonds. The summed E-state index contributed by atoms with van der Waals surface area (Å²) in [5, 5.41) is 27.4. The van der Waals surface area contributed by atoms with Crippen LogP contribution in [0.25, 0.3) is 0 Å². The van der Waals surface area contributed by atoms with E-state index in [1.807, 2.05) is 0 Å². The van der Waals surface area contributed by atoms with E-state index in [4.69, 9.17) is 14.2 Å². The van der Waals surface area contributed by atoms with E-state index in [9.17, 15) is 34.6 Å². The van der Waals surface area contributed by atoms with Crippen molar-refractivity contribution in [3.05, 3.63) is 84.8 Å². The van der Waals surface area contributed by atoms with Crippen molar-refractivity contribution in [3.8, 4) is 11.5 Å². The van der Waals surface area contributed by atoms with Gasteiger partial charge in [-0.1, -0.05) is 6.92 Å². The summed E-state index contributed by atoms with van der Waals surface area (Å²) in [4.78, 5) is 59.4. The van der Waals surface area contributed by atoms with Gasteiger partial charge in [-0.3, -0.25) is 29.8 Å². The van der Waals surface area contributed by atoms with Crippen LogP contribution in [0.4, 0.5) is 16.4 Å². The molecular formula is C28H28N4O10S. The molecule has 1 atom stereocenters. The Bertz CT molecular complexity index is 1500. The van der Waals surface area contributed by atoms with Crippen LogP contribution in [0.15, 0.2) is 48.5 Å². The summed E-state index contributed by atoms with van der Waals surface area (Å²) < 4.78 is 15.8. The van der Waals surface area contributed by atoms with Gasteiger partial charge in [0, 0.05) is 29.1 Å². The minimum atomic E-state index is -0.685. The zero-order valence-corrected chi connectivity index (χ0v) is 23.8. The highest BCUT2D eigenvalue weighted by molar-refractivity contribution is 7.17. The van der Waals surface area contributed by atoms with Crippen molar-refractivity contribution >= 4 is 45.5 Å². The predicted octanol–water partition coefficient (Wildman–Crippen LogP) is 4.06. The van der Waals surface area contributed by atoms with E-state index in [-0.39, 0.29) is 42.6 Å². The van der Waals surface area contributed by atoms with Crippen LogP contribution in [-0.4, -0.2) is 54.0 Å². The SMILES string of the molecule is CC1CCc2c(sc(NC(=O)COc3ccc([N+](=O)[O-])cc3)c2C(=O)NCCOC(=O)COc2ccc([N+](=O)[O-])cc2)C1. The Labute approximate surface area is 249 Å². The zero-order valence-electron chi connectivity index (χ0n) is 23.0. The third-order valence-corrected chi connectivity index (χ3v) is 7.63. The molecule has 1 unspecified atom stereocenters. The quantitative estimate of drug-likeness (QED) is 0.123. The van der Waals surface area contributed by atoms with Crippen LogP contribution in [-0.2, 0) is 27.2 Å². The standard InChI is InChI=1S/C28H28N4O10S/c1-17-2-11-22-23(14-17)43-28(30-24(33)15-41-20-7-3-18(4-8-20)31(36)37)26(22)27(35)29-12-13-40-25(34)16-42-21-9-5-19(6-10-21)32(38)39/h3-10,17H,2,11-16H2,1H3,(H,29,35)(H,30,33). The Kier molecular flexibility index (Phi) is 10.2. The lowest BCUT2D eigenvalue weighted by Crippen LogP contribution is -2.30. The van der Waals surface area contributed by atoms with Crippen LogP contribution in [0.5, 0.6) is 11.5 Å². The number of hydrogen-bond donors (Lipinski definition) is 2. The Hall–Kier alpha value is -5.05. The van der Waals surface area contributed by atoms with Crippen molar-refractivity contribution in [2.24, 2.45) is 5.92 Å². The molecule has 3 aromatic rings. The lowest BCUT2D eigenvalue weighted by molar-refractivity contribution is -0.385. The molecule has 1 aromatic heterocycles. The van der Waals surface area contributed by atoms with Crippen molar-refractivity contribution < 1.29 is 38.4 Å². The summed E-state index contributed by atoms with van der Waals surface area (Å²) in [6, 6.07) is 10.6. The van der Waals surface area contributed by atoms with E-state index in [1.165, 1.54) is 59.9 Å². The second-order valence-corrected chi connectivity index (χ2v) is 10.8. The molecule has 226 valence electrons. The van der Waals surface area contributed by atoms with Crippen molar-refractivity contribution in [2.45, 2.75) is 26.2 Å². The second-order valence-electron chi connectivity index (χ2n) is 9.66. The molecule has 2 aromatic carbocycles. The van der Waals surface area contributed by atoms with E-state index < -0.39 is 34.2 Å². The second kappa shape index (κ2) is 14.2. The average Bonchev–Trinajstić information content (AvgIpc) is 3.34. The van der Waals surface area contributed by atoms with Gasteiger partial charge in [-0.15, -0.1) is 11.3 Å². The first-order valence-electron chi connectivity index (χ1n) is 13.2. The van der Waals surface area contributed by atoms with Gasteiger partial charge < -0.3 is 24.8 Å². The van der Waals surface area contributed by atoms with Gasteiger partial charge in [0.1, 0.15) is 23.1 Å². The van der Waals surface area contributed by atoms with Crippen molar-refractivity contribution in [1.82, 2.24) is 5.32 Å². The zero-order chi connectivity index (χ0) is 30.9. The monoisotopic (exact) mass is 612 g/mol. The number of thiophene rings is 1. The highest BCUT2D eigenvalue weighted by Crippen LogP contribution is 2.39. The van der Waals surface area contributed by atoms with Crippen LogP contribution in [0.1, 0.15) is 34.1 Å². The fourth-order valence-electron chi connectivity index (χ4n) is 4.32. The molecule has 2 N–H and O–H groups in total. The molecule has 0 saturated heterocycles. The molecule has 15 heteroatoms. The molecule has 0 saturated carbocycles. The van der Waals surface area contributed by atoms with E-state index in [0.717, 1.165) is 23.3 Å². The van der Waals surface area contributed by atoms with Gasteiger partial charge in [0.05, 0.1) is 22.0 Å². The van der Waals surface area contributed by atoms with Crippen molar-refractivity contribution in [2.75, 3.05) is 31.7 Å². The Morgan fingerprint density at radius 2 is 1.51 bits per heavy atom. The third kappa shape index (κ3) is 8.48. The molecular weight excluding hydrogens is 584 g/mol. The Balaban J connectivity index is 1.29. The number of nitrogens with one attached hydrogen (secondary N) is 2. The van der Waals surface area contributed by atoms with Gasteiger partial charge in [0.2, 0.25) is 0 Å². The number of fused-ring (bicyclic) bond motifs is 1. The summed E-state index contributed by atoms with van der Waals surface area (Å²) in [6.45, 7) is 1.23. The number of esters is 1. The smallest absolute Gasteiger partial charge is 0.344 e. The van der Waals surface area contributed by atoms with Gasteiger partial charge in [0.15, 0.2) is 13.2 Å². The minimum absolute atomic E-state index is 0.0137. The lowest BCUT2D eigenvalue weighted by atomic mass is 9.88. The average molecular weight is 613 g/mol. The molecule has 0 fully saturated rings. The number of hydrogen-bond acceptors (Lipinski definition) is 11. The minimum Gasteiger partial charge on any atom is -0.484 e. The van der Waals surface area contributed by atoms with E-state index in [2.05, 4.69) is 17.6 Å². The Morgan fingerprint density at radius 1 is 0.930 bits per heavy atom. The fraction of sp³-hybridized carbons (Fsp3) is 0.321. The number of ether oxygens (including phenoxy) is 3. The molecule has 0 bridgehead atoms. The molecule has 1 aliphatic carbocycles. The van der Waals surface area contributed by atoms with Crippen LogP contribution in [0.3, 0.4) is 0 Å². The molecule has 4 rings (SSSR count). The van der Waals surface area contributed by atoms with Gasteiger partial charge in [-0.2, -0.15) is 0 Å². The number of non-ortho nitro benzene ring substituents is 2. The van der Waals surface area contributed by atoms with Crippen LogP contribution in [0.2, 0.25) is 0 Å². The van der Waals surface area contributed by atoms with E-state index in [0.29, 0.717) is 22.9 Å². The van der Waals surface area contributed by atoms with Crippen LogP contribution >= 0.6 is 11.3 Å². The van der Waals surface area contributed by atoms with Gasteiger partial charge >= 0.3 is 5.97 Å². The van der Waals surface area contributed by atoms with E-state index in [1.54, 1.807) is 0 Å². The van der Waals surface area contributed by atoms with Crippen LogP contribution < -0.4 is 20.1 Å². The van der Waals surface area contributed by atoms with Crippen LogP contribution in [0, 0.1) is 26.1 Å². The highest BCUT2D eigenvalue weighted by Gasteiger charge is 2.28. The summed E-state index contributed by atoms with van der Waals surface area (Å²) in [5.41, 5.74) is 1.03. The first-order valence-corrected chi connectivity index (χ1v) is 14.0. The number of rotatable bonds is 13. The summed E-state index contributed by atoms with van der Waals surface area (Å²) >= 11 is 1.34. The molecule has 1 aliphatic rings. The molecule has 0 radical (unpaired) electrons. The number of nitro groups is 2. The third-order valence-electron chi connectivity index (χ3n) is 6.46. The number of carbonyl (C=O) groups excluding carboxylic acids is 3. The maximum atomic E-state index is 13.2. The summed E-state index contributed by atoms with van der Waals surface area (Å²) in [6.07, 6.45) is 2.36. The highest BCUT2D eigenvalue weighted by atomic mass is 32.1. The summed E-state index contributed by atoms with van der Waals surface area (Å²) in [7, 11) is 0. The molecule has 43 heavy (non-hydrogen) atoms. The summed E-state index contributed by atoms with van der Waals surface area (Å²) in [5.74, 6) is -0.622. The van der Waals surface area contributed by atoms with Gasteiger partial charge in [0.25, 0.3) is 23.2 Å². The maximum Gasteiger partial charge on any atom is 0.344 e. The molecule has 14 nitrogen and oxygen atoms in total. The fourth-order valence-corrected chi connectivity index (χ4v) is 5.74. The van der Waals surface area contributed by atoms with E-state index >= 15 is 0 Å². The first kappa shape index (κ1) is 30.9. The van der Waals surface area contributed by atoms with Gasteiger partial charge in [-0.05, 0) is 55.0 Å². The number of nitro benzene ring substituents is 2. The number of carbonyl (C=O) groups is 3. The maximum absolute atomic E-state index is 13.2. The number of anilines is 1. The number of amides is 2. The van der Waals surface area contributed by atoms with Gasteiger partial charge in [-0.25, -0.2) is 4.79 Å². The lowest BCUT2D eigenvalue weighted by Gasteiger charge is -2.18.